The quantitative estimate of drug-likeness (QED) is 0.263. The Labute approximate surface area is 229 Å². The van der Waals surface area contributed by atoms with Gasteiger partial charge in [-0.05, 0) is 45.2 Å². The summed E-state index contributed by atoms with van der Waals surface area (Å²) in [4.78, 5) is 7.29. The van der Waals surface area contributed by atoms with Gasteiger partial charge in [0.2, 0.25) is 0 Å². The number of aliphatic imine (C=N–C) groups is 1. The van der Waals surface area contributed by atoms with Gasteiger partial charge in [0.05, 0.1) is 6.54 Å². The van der Waals surface area contributed by atoms with E-state index in [4.69, 9.17) is 4.99 Å². The standard InChI is InChI=1S/C26H35IN2OS.HI/c1-25(2,3)21-12-19(13-22(23(21)30)26(4,5)6)17-29(16-18-10-8-7-9-11-18)24-28-15-20(14-27)31-24;/h7-13,20,30H,14-17H2,1-6H3;1H. The number of benzene rings is 2. The zero-order valence-corrected chi connectivity index (χ0v) is 25.3. The fraction of sp³-hybridized carbons (Fsp3) is 0.500. The first-order valence-electron chi connectivity index (χ1n) is 10.9. The average molecular weight is 678 g/mol. The Balaban J connectivity index is 0.00000363. The number of nitrogens with zero attached hydrogens (tertiary/aromatic N) is 2. The molecule has 1 heterocycles. The van der Waals surface area contributed by atoms with Crippen molar-refractivity contribution >= 4 is 63.5 Å². The second kappa shape index (κ2) is 11.3. The van der Waals surface area contributed by atoms with E-state index in [0.717, 1.165) is 40.4 Å². The summed E-state index contributed by atoms with van der Waals surface area (Å²) in [7, 11) is 0. The van der Waals surface area contributed by atoms with Crippen molar-refractivity contribution in [1.29, 1.82) is 0 Å². The van der Waals surface area contributed by atoms with Crippen molar-refractivity contribution in [3.05, 3.63) is 64.7 Å². The topological polar surface area (TPSA) is 35.8 Å². The van der Waals surface area contributed by atoms with Crippen LogP contribution in [0.1, 0.15) is 63.8 Å². The van der Waals surface area contributed by atoms with Crippen molar-refractivity contribution in [2.45, 2.75) is 70.7 Å². The van der Waals surface area contributed by atoms with Gasteiger partial charge in [-0.3, -0.25) is 4.99 Å². The van der Waals surface area contributed by atoms with Gasteiger partial charge in [-0.25, -0.2) is 0 Å². The molecule has 2 aromatic carbocycles. The minimum absolute atomic E-state index is 0. The van der Waals surface area contributed by atoms with Crippen LogP contribution in [0.3, 0.4) is 0 Å². The molecule has 3 nitrogen and oxygen atoms in total. The summed E-state index contributed by atoms with van der Waals surface area (Å²) < 4.78 is 1.11. The van der Waals surface area contributed by atoms with Crippen LogP contribution >= 0.6 is 58.3 Å². The number of phenolic OH excluding ortho intramolecular Hbond substituents is 1. The lowest BCUT2D eigenvalue weighted by Crippen LogP contribution is -2.28. The summed E-state index contributed by atoms with van der Waals surface area (Å²) in [6.45, 7) is 15.5. The molecule has 0 aliphatic carbocycles. The van der Waals surface area contributed by atoms with E-state index in [2.05, 4.69) is 111 Å². The predicted octanol–water partition coefficient (Wildman–Crippen LogP) is 7.51. The van der Waals surface area contributed by atoms with Crippen LogP contribution in [0.15, 0.2) is 47.5 Å². The summed E-state index contributed by atoms with van der Waals surface area (Å²) in [6.07, 6.45) is 0. The minimum Gasteiger partial charge on any atom is -0.507 e. The van der Waals surface area contributed by atoms with Crippen molar-refractivity contribution < 1.29 is 5.11 Å². The lowest BCUT2D eigenvalue weighted by Gasteiger charge is -2.30. The number of halogens is 2. The molecule has 1 atom stereocenters. The van der Waals surface area contributed by atoms with Gasteiger partial charge in [-0.1, -0.05) is 106 Å². The third-order valence-electron chi connectivity index (χ3n) is 5.52. The van der Waals surface area contributed by atoms with Crippen LogP contribution in [0.25, 0.3) is 0 Å². The highest BCUT2D eigenvalue weighted by molar-refractivity contribution is 14.1. The first kappa shape index (κ1) is 27.8. The van der Waals surface area contributed by atoms with Gasteiger partial charge in [-0.15, -0.1) is 24.0 Å². The molecule has 176 valence electrons. The molecule has 3 rings (SSSR count). The van der Waals surface area contributed by atoms with E-state index in [-0.39, 0.29) is 34.8 Å². The van der Waals surface area contributed by atoms with Crippen molar-refractivity contribution in [3.63, 3.8) is 0 Å². The third kappa shape index (κ3) is 7.01. The Morgan fingerprint density at radius 3 is 1.97 bits per heavy atom. The second-order valence-electron chi connectivity index (χ2n) is 10.4. The molecule has 0 saturated heterocycles. The number of phenols is 1. The molecule has 0 fully saturated rings. The van der Waals surface area contributed by atoms with E-state index in [1.54, 1.807) is 0 Å². The van der Waals surface area contributed by atoms with Gasteiger partial charge in [0.25, 0.3) is 0 Å². The Morgan fingerprint density at radius 1 is 0.969 bits per heavy atom. The Morgan fingerprint density at radius 2 is 1.50 bits per heavy atom. The summed E-state index contributed by atoms with van der Waals surface area (Å²) in [5.74, 6) is 0.441. The van der Waals surface area contributed by atoms with Crippen LogP contribution in [-0.2, 0) is 23.9 Å². The molecule has 2 aromatic rings. The highest BCUT2D eigenvalue weighted by Crippen LogP contribution is 2.40. The number of rotatable bonds is 5. The summed E-state index contributed by atoms with van der Waals surface area (Å²) in [5.41, 5.74) is 4.29. The minimum atomic E-state index is -0.129. The lowest BCUT2D eigenvalue weighted by molar-refractivity contribution is 0.405. The molecular weight excluding hydrogens is 642 g/mol. The summed E-state index contributed by atoms with van der Waals surface area (Å²) in [5, 5.41) is 12.8. The fourth-order valence-corrected chi connectivity index (χ4v) is 5.56. The van der Waals surface area contributed by atoms with Crippen LogP contribution in [0, 0.1) is 0 Å². The first-order chi connectivity index (χ1) is 14.5. The molecule has 0 aromatic heterocycles. The molecule has 0 amide bonds. The monoisotopic (exact) mass is 678 g/mol. The molecule has 1 aliphatic heterocycles. The zero-order valence-electron chi connectivity index (χ0n) is 20.0. The molecule has 0 spiro atoms. The number of alkyl halides is 1. The summed E-state index contributed by atoms with van der Waals surface area (Å²) in [6, 6.07) is 15.0. The van der Waals surface area contributed by atoms with Crippen LogP contribution < -0.4 is 0 Å². The SMILES string of the molecule is CC(C)(C)c1cc(CN(Cc2ccccc2)C2=NCC(CI)S2)cc(C(C)(C)C)c1O.I. The van der Waals surface area contributed by atoms with E-state index in [1.807, 2.05) is 11.8 Å². The van der Waals surface area contributed by atoms with Gasteiger partial charge >= 0.3 is 0 Å². The molecule has 1 N–H and O–H groups in total. The van der Waals surface area contributed by atoms with Crippen molar-refractivity contribution in [2.24, 2.45) is 4.99 Å². The van der Waals surface area contributed by atoms with Crippen LogP contribution in [0.4, 0.5) is 0 Å². The second-order valence-corrected chi connectivity index (χ2v) is 12.5. The molecule has 6 heteroatoms. The molecule has 0 saturated carbocycles. The van der Waals surface area contributed by atoms with E-state index >= 15 is 0 Å². The number of amidine groups is 1. The molecule has 32 heavy (non-hydrogen) atoms. The first-order valence-corrected chi connectivity index (χ1v) is 13.3. The van der Waals surface area contributed by atoms with Gasteiger partial charge < -0.3 is 10.0 Å². The largest absolute Gasteiger partial charge is 0.507 e. The maximum atomic E-state index is 11.1. The Kier molecular flexibility index (Phi) is 9.80. The van der Waals surface area contributed by atoms with Crippen molar-refractivity contribution in [1.82, 2.24) is 4.90 Å². The van der Waals surface area contributed by atoms with E-state index in [1.165, 1.54) is 11.1 Å². The van der Waals surface area contributed by atoms with E-state index < -0.39 is 0 Å². The lowest BCUT2D eigenvalue weighted by atomic mass is 9.78. The molecule has 0 radical (unpaired) electrons. The Hall–Kier alpha value is -0.480. The average Bonchev–Trinajstić information content (AvgIpc) is 3.17. The van der Waals surface area contributed by atoms with Crippen molar-refractivity contribution in [2.75, 3.05) is 11.0 Å². The highest BCUT2D eigenvalue weighted by atomic mass is 127. The molecule has 1 aliphatic rings. The van der Waals surface area contributed by atoms with Gasteiger partial charge in [0, 0.05) is 22.8 Å². The maximum absolute atomic E-state index is 11.1. The highest BCUT2D eigenvalue weighted by Gasteiger charge is 2.28. The maximum Gasteiger partial charge on any atom is 0.160 e. The van der Waals surface area contributed by atoms with E-state index in [9.17, 15) is 5.11 Å². The smallest absolute Gasteiger partial charge is 0.160 e. The number of thioether (sulfide) groups is 1. The number of hydrogen-bond donors (Lipinski definition) is 1. The van der Waals surface area contributed by atoms with Gasteiger partial charge in [0.1, 0.15) is 5.75 Å². The van der Waals surface area contributed by atoms with Crippen molar-refractivity contribution in [3.8, 4) is 5.75 Å². The van der Waals surface area contributed by atoms with Crippen LogP contribution in [0.2, 0.25) is 0 Å². The number of hydrogen-bond acceptors (Lipinski definition) is 4. The van der Waals surface area contributed by atoms with Crippen LogP contribution in [-0.4, -0.2) is 31.4 Å². The molecule has 1 unspecified atom stereocenters. The normalized spacial score (nSPS) is 16.5. The Bertz CT molecular complexity index is 898. The van der Waals surface area contributed by atoms with Crippen LogP contribution in [0.5, 0.6) is 5.75 Å². The zero-order chi connectivity index (χ0) is 22.8. The van der Waals surface area contributed by atoms with Gasteiger partial charge in [0.15, 0.2) is 5.17 Å². The van der Waals surface area contributed by atoms with Gasteiger partial charge in [-0.2, -0.15) is 0 Å². The van der Waals surface area contributed by atoms with E-state index in [0.29, 0.717) is 11.0 Å². The predicted molar refractivity (Wildman–Crippen MR) is 159 cm³/mol. The number of aromatic hydroxyl groups is 1. The summed E-state index contributed by atoms with van der Waals surface area (Å²) >= 11 is 4.36. The third-order valence-corrected chi connectivity index (χ3v) is 8.43. The fourth-order valence-electron chi connectivity index (χ4n) is 3.80. The molecular formula is C26H36I2N2OS. The molecule has 0 bridgehead atoms.